The number of aromatic nitrogens is 1. The molecule has 35 heavy (non-hydrogen) atoms. The van der Waals surface area contributed by atoms with E-state index in [0.29, 0.717) is 17.7 Å². The fourth-order valence-electron chi connectivity index (χ4n) is 4.37. The standard InChI is InChI=1S/C28H32N4O3/c1-19-7-14-27(29-18-19)30-23-10-13-26(22(16-23)17-24-6-5-15-32(24)20(2)33)35-25-11-8-21(9-12-25)28(34)31(3)4/h7-14,16,18,24H,5-6,15,17H2,1-4H3,(H,29,30). The SMILES string of the molecule is CC(=O)N1CCCC1Cc1cc(Nc2ccc(C)cn2)ccc1Oc1ccc(C(=O)N(C)C)cc1. The zero-order valence-electron chi connectivity index (χ0n) is 20.7. The van der Waals surface area contributed by atoms with Crippen LogP contribution in [0, 0.1) is 6.92 Å². The van der Waals surface area contributed by atoms with Gasteiger partial charge in [0, 0.05) is 51.1 Å². The van der Waals surface area contributed by atoms with Crippen LogP contribution in [0.25, 0.3) is 0 Å². The summed E-state index contributed by atoms with van der Waals surface area (Å²) in [5, 5.41) is 3.36. The Hall–Kier alpha value is -3.87. The number of benzene rings is 2. The van der Waals surface area contributed by atoms with Gasteiger partial charge in [0.15, 0.2) is 0 Å². The molecule has 0 radical (unpaired) electrons. The summed E-state index contributed by atoms with van der Waals surface area (Å²) < 4.78 is 6.26. The van der Waals surface area contributed by atoms with Gasteiger partial charge in [-0.25, -0.2) is 4.98 Å². The van der Waals surface area contributed by atoms with E-state index in [1.807, 2.05) is 42.3 Å². The highest BCUT2D eigenvalue weighted by Crippen LogP contribution is 2.32. The van der Waals surface area contributed by atoms with Crippen LogP contribution in [-0.2, 0) is 11.2 Å². The molecule has 0 aliphatic carbocycles. The Morgan fingerprint density at radius 1 is 1.11 bits per heavy atom. The number of likely N-dealkylation sites (tertiary alicyclic amines) is 1. The van der Waals surface area contributed by atoms with Gasteiger partial charge in [-0.15, -0.1) is 0 Å². The van der Waals surface area contributed by atoms with Gasteiger partial charge in [0.25, 0.3) is 5.91 Å². The first-order chi connectivity index (χ1) is 16.8. The molecule has 7 nitrogen and oxygen atoms in total. The molecule has 1 N–H and O–H groups in total. The van der Waals surface area contributed by atoms with Crippen molar-refractivity contribution in [1.29, 1.82) is 0 Å². The van der Waals surface area contributed by atoms with Crippen LogP contribution in [-0.4, -0.2) is 53.3 Å². The predicted octanol–water partition coefficient (Wildman–Crippen LogP) is 5.18. The monoisotopic (exact) mass is 472 g/mol. The summed E-state index contributed by atoms with van der Waals surface area (Å²) in [6, 6.07) is 17.2. The second-order valence-corrected chi connectivity index (χ2v) is 9.21. The van der Waals surface area contributed by atoms with Crippen molar-refractivity contribution in [3.05, 3.63) is 77.5 Å². The number of hydrogen-bond donors (Lipinski definition) is 1. The van der Waals surface area contributed by atoms with E-state index in [1.165, 1.54) is 0 Å². The van der Waals surface area contributed by atoms with E-state index in [0.717, 1.165) is 47.8 Å². The van der Waals surface area contributed by atoms with Gasteiger partial charge in [0.2, 0.25) is 5.91 Å². The van der Waals surface area contributed by atoms with E-state index in [1.54, 1.807) is 50.2 Å². The van der Waals surface area contributed by atoms with E-state index in [9.17, 15) is 9.59 Å². The maximum Gasteiger partial charge on any atom is 0.253 e. The Bertz CT molecular complexity index is 1190. The molecule has 2 heterocycles. The number of pyridine rings is 1. The molecule has 0 saturated carbocycles. The molecule has 1 saturated heterocycles. The quantitative estimate of drug-likeness (QED) is 0.513. The molecule has 7 heteroatoms. The molecule has 182 valence electrons. The van der Waals surface area contributed by atoms with Crippen LogP contribution in [0.4, 0.5) is 11.5 Å². The van der Waals surface area contributed by atoms with Gasteiger partial charge in [-0.1, -0.05) is 6.07 Å². The largest absolute Gasteiger partial charge is 0.457 e. The maximum absolute atomic E-state index is 12.2. The van der Waals surface area contributed by atoms with Crippen LogP contribution in [0.5, 0.6) is 11.5 Å². The normalized spacial score (nSPS) is 15.1. The fourth-order valence-corrected chi connectivity index (χ4v) is 4.37. The molecular formula is C28H32N4O3. The van der Waals surface area contributed by atoms with Gasteiger partial charge in [-0.3, -0.25) is 9.59 Å². The lowest BCUT2D eigenvalue weighted by molar-refractivity contribution is -0.129. The number of rotatable bonds is 7. The lowest BCUT2D eigenvalue weighted by Crippen LogP contribution is -2.35. The van der Waals surface area contributed by atoms with Gasteiger partial charge in [0.05, 0.1) is 0 Å². The summed E-state index contributed by atoms with van der Waals surface area (Å²) >= 11 is 0. The van der Waals surface area contributed by atoms with Gasteiger partial charge < -0.3 is 19.9 Å². The summed E-state index contributed by atoms with van der Waals surface area (Å²) in [4.78, 5) is 32.3. The first-order valence-electron chi connectivity index (χ1n) is 11.9. The van der Waals surface area contributed by atoms with Gasteiger partial charge >= 0.3 is 0 Å². The van der Waals surface area contributed by atoms with Crippen LogP contribution in [0.2, 0.25) is 0 Å². The molecular weight excluding hydrogens is 440 g/mol. The van der Waals surface area contributed by atoms with Gasteiger partial charge in [-0.2, -0.15) is 0 Å². The van der Waals surface area contributed by atoms with Crippen molar-refractivity contribution in [2.75, 3.05) is 26.0 Å². The van der Waals surface area contributed by atoms with Crippen LogP contribution < -0.4 is 10.1 Å². The topological polar surface area (TPSA) is 74.8 Å². The van der Waals surface area contributed by atoms with Crippen molar-refractivity contribution in [2.24, 2.45) is 0 Å². The molecule has 1 aliphatic heterocycles. The average Bonchev–Trinajstić information content (AvgIpc) is 3.31. The molecule has 0 bridgehead atoms. The van der Waals surface area contributed by atoms with Crippen molar-refractivity contribution in [2.45, 2.75) is 39.2 Å². The Balaban J connectivity index is 1.60. The molecule has 1 aliphatic rings. The third-order valence-electron chi connectivity index (χ3n) is 6.22. The Morgan fingerprint density at radius 3 is 2.54 bits per heavy atom. The molecule has 1 unspecified atom stereocenters. The lowest BCUT2D eigenvalue weighted by Gasteiger charge is -2.24. The maximum atomic E-state index is 12.2. The third-order valence-corrected chi connectivity index (χ3v) is 6.22. The first kappa shape index (κ1) is 24.3. The number of nitrogens with one attached hydrogen (secondary N) is 1. The summed E-state index contributed by atoms with van der Waals surface area (Å²) in [6.45, 7) is 4.43. The molecule has 0 spiro atoms. The van der Waals surface area contributed by atoms with E-state index >= 15 is 0 Å². The molecule has 1 aromatic heterocycles. The minimum atomic E-state index is -0.0528. The highest BCUT2D eigenvalue weighted by Gasteiger charge is 2.27. The zero-order chi connectivity index (χ0) is 24.9. The number of hydrogen-bond acceptors (Lipinski definition) is 5. The molecule has 2 aromatic carbocycles. The van der Waals surface area contributed by atoms with Crippen molar-refractivity contribution in [3.8, 4) is 11.5 Å². The summed E-state index contributed by atoms with van der Waals surface area (Å²) in [5.74, 6) is 2.20. The predicted molar refractivity (Wildman–Crippen MR) is 137 cm³/mol. The summed E-state index contributed by atoms with van der Waals surface area (Å²) in [7, 11) is 3.46. The number of aryl methyl sites for hydroxylation is 1. The number of amides is 2. The van der Waals surface area contributed by atoms with Crippen LogP contribution >= 0.6 is 0 Å². The Morgan fingerprint density at radius 2 is 1.89 bits per heavy atom. The van der Waals surface area contributed by atoms with Crippen molar-refractivity contribution in [1.82, 2.24) is 14.8 Å². The highest BCUT2D eigenvalue weighted by atomic mass is 16.5. The van der Waals surface area contributed by atoms with Crippen LogP contribution in [0.3, 0.4) is 0 Å². The summed E-state index contributed by atoms with van der Waals surface area (Å²) in [6.07, 6.45) is 4.50. The Labute approximate surface area is 206 Å². The third kappa shape index (κ3) is 5.98. The second kappa shape index (κ2) is 10.6. The highest BCUT2D eigenvalue weighted by molar-refractivity contribution is 5.93. The first-order valence-corrected chi connectivity index (χ1v) is 11.9. The van der Waals surface area contributed by atoms with Gasteiger partial charge in [-0.05, 0) is 85.8 Å². The number of anilines is 2. The second-order valence-electron chi connectivity index (χ2n) is 9.21. The minimum Gasteiger partial charge on any atom is -0.457 e. The smallest absolute Gasteiger partial charge is 0.253 e. The molecule has 2 amide bonds. The zero-order valence-corrected chi connectivity index (χ0v) is 20.7. The van der Waals surface area contributed by atoms with E-state index < -0.39 is 0 Å². The fraction of sp³-hybridized carbons (Fsp3) is 0.321. The average molecular weight is 473 g/mol. The van der Waals surface area contributed by atoms with Gasteiger partial charge in [0.1, 0.15) is 17.3 Å². The Kier molecular flexibility index (Phi) is 7.34. The van der Waals surface area contributed by atoms with Crippen LogP contribution in [0.1, 0.15) is 41.3 Å². The molecule has 1 atom stereocenters. The lowest BCUT2D eigenvalue weighted by atomic mass is 10.0. The minimum absolute atomic E-state index is 0.0528. The van der Waals surface area contributed by atoms with Crippen molar-refractivity contribution < 1.29 is 14.3 Å². The van der Waals surface area contributed by atoms with E-state index in [4.69, 9.17) is 4.74 Å². The molecule has 3 aromatic rings. The molecule has 4 rings (SSSR count). The van der Waals surface area contributed by atoms with Crippen LogP contribution in [0.15, 0.2) is 60.8 Å². The molecule has 1 fully saturated rings. The van der Waals surface area contributed by atoms with Crippen molar-refractivity contribution in [3.63, 3.8) is 0 Å². The number of carbonyl (C=O) groups is 2. The number of ether oxygens (including phenoxy) is 1. The van der Waals surface area contributed by atoms with E-state index in [2.05, 4.69) is 16.4 Å². The number of nitrogens with zero attached hydrogens (tertiary/aromatic N) is 3. The van der Waals surface area contributed by atoms with Crippen molar-refractivity contribution >= 4 is 23.3 Å². The summed E-state index contributed by atoms with van der Waals surface area (Å²) in [5.41, 5.74) is 3.62. The van der Waals surface area contributed by atoms with E-state index in [-0.39, 0.29) is 17.9 Å². The number of carbonyl (C=O) groups excluding carboxylic acids is 2.